The zero-order valence-corrected chi connectivity index (χ0v) is 7.81. The number of benzene rings is 1. The molecule has 0 bridgehead atoms. The Balaban J connectivity index is 2.93. The normalized spacial score (nSPS) is 14.3. The molecule has 0 heterocycles. The van der Waals surface area contributed by atoms with Gasteiger partial charge in [-0.25, -0.2) is 4.39 Å². The van der Waals surface area contributed by atoms with Gasteiger partial charge in [-0.3, -0.25) is 4.79 Å². The molecule has 0 aliphatic heterocycles. The molecule has 0 aliphatic carbocycles. The van der Waals surface area contributed by atoms with Crippen LogP contribution in [0, 0.1) is 5.82 Å². The maximum Gasteiger partial charge on any atom is 0.320 e. The Morgan fingerprint density at radius 1 is 1.80 bits per heavy atom. The molecule has 1 aromatic rings. The second kappa shape index (κ2) is 4.75. The highest BCUT2D eigenvalue weighted by Crippen LogP contribution is 2.20. The lowest BCUT2D eigenvalue weighted by Gasteiger charge is -2.10. The van der Waals surface area contributed by atoms with Gasteiger partial charge < -0.3 is 15.6 Å². The molecule has 0 radical (unpaired) electrons. The third-order valence-electron chi connectivity index (χ3n) is 1.91. The van der Waals surface area contributed by atoms with Crippen LogP contribution in [0.15, 0.2) is 18.2 Å². The number of carbonyl (C=O) groups is 1. The molecule has 0 unspecified atom stereocenters. The Bertz CT molecular complexity index is 415. The van der Waals surface area contributed by atoms with E-state index >= 15 is 0 Å². The van der Waals surface area contributed by atoms with E-state index in [0.29, 0.717) is 5.56 Å². The Hall–Kier alpha value is -1.62. The lowest BCUT2D eigenvalue weighted by molar-refractivity contribution is -0.138. The third kappa shape index (κ3) is 2.92. The van der Waals surface area contributed by atoms with Gasteiger partial charge in [-0.05, 0) is 11.6 Å². The summed E-state index contributed by atoms with van der Waals surface area (Å²) in [5.41, 5.74) is 5.70. The number of nitrogens with two attached hydrogens (primary N) is 1. The number of methoxy groups -OCH3 is 1. The number of rotatable bonds is 4. The highest BCUT2D eigenvalue weighted by atomic mass is 18.2. The number of hydrogen-bond donors (Lipinski definition) is 2. The first-order chi connectivity index (χ1) is 7.90. The fourth-order valence-corrected chi connectivity index (χ4v) is 1.13. The molecule has 1 rings (SSSR count). The van der Waals surface area contributed by atoms with Crippen molar-refractivity contribution in [2.75, 3.05) is 7.06 Å². The van der Waals surface area contributed by atoms with Gasteiger partial charge in [0.05, 0.1) is 9.80 Å². The summed E-state index contributed by atoms with van der Waals surface area (Å²) in [5, 5.41) is 8.66. The summed E-state index contributed by atoms with van der Waals surface area (Å²) in [6.45, 7) is 0. The number of halogens is 1. The molecule has 0 amide bonds. The average molecular weight is 214 g/mol. The second-order valence-corrected chi connectivity index (χ2v) is 3.02. The predicted octanol–water partition coefficient (Wildman–Crippen LogP) is 0.789. The van der Waals surface area contributed by atoms with Crippen LogP contribution >= 0.6 is 0 Å². The van der Waals surface area contributed by atoms with Crippen LogP contribution in [0.25, 0.3) is 0 Å². The largest absolute Gasteiger partial charge is 0.496 e. The van der Waals surface area contributed by atoms with Crippen LogP contribution in [0.5, 0.6) is 5.75 Å². The van der Waals surface area contributed by atoms with Crippen molar-refractivity contribution in [3.05, 3.63) is 29.6 Å². The Morgan fingerprint density at radius 2 is 2.53 bits per heavy atom. The summed E-state index contributed by atoms with van der Waals surface area (Å²) >= 11 is 0. The molecular weight excluding hydrogens is 200 g/mol. The number of carboxylic acid groups (broad SMARTS) is 1. The summed E-state index contributed by atoms with van der Waals surface area (Å²) in [6.07, 6.45) is -0.0579. The number of ether oxygens (including phenoxy) is 1. The zero-order valence-electron chi connectivity index (χ0n) is 9.81. The van der Waals surface area contributed by atoms with Crippen molar-refractivity contribution in [2.24, 2.45) is 5.73 Å². The van der Waals surface area contributed by atoms with Crippen LogP contribution in [-0.2, 0) is 11.2 Å². The number of aliphatic carboxylic acids is 1. The van der Waals surface area contributed by atoms with E-state index in [9.17, 15) is 9.18 Å². The van der Waals surface area contributed by atoms with E-state index in [1.165, 1.54) is 6.07 Å². The lowest BCUT2D eigenvalue weighted by Crippen LogP contribution is -2.32. The van der Waals surface area contributed by atoms with E-state index < -0.39 is 24.9 Å². The maximum atomic E-state index is 12.9. The molecule has 15 heavy (non-hydrogen) atoms. The van der Waals surface area contributed by atoms with Crippen LogP contribution in [0.1, 0.15) is 8.30 Å². The van der Waals surface area contributed by atoms with Crippen LogP contribution in [0.2, 0.25) is 0 Å². The smallest absolute Gasteiger partial charge is 0.320 e. The summed E-state index contributed by atoms with van der Waals surface area (Å²) in [7, 11) is -1.61. The Morgan fingerprint density at radius 3 is 3.13 bits per heavy atom. The van der Waals surface area contributed by atoms with Gasteiger partial charge in [0.1, 0.15) is 17.6 Å². The Kier molecular flexibility index (Phi) is 2.74. The van der Waals surface area contributed by atoms with Gasteiger partial charge in [0, 0.05) is 12.5 Å². The summed E-state index contributed by atoms with van der Waals surface area (Å²) in [4.78, 5) is 10.6. The molecule has 0 saturated carbocycles. The van der Waals surface area contributed by atoms with Gasteiger partial charge in [0.2, 0.25) is 0 Å². The van der Waals surface area contributed by atoms with Gasteiger partial charge in [-0.1, -0.05) is 6.07 Å². The molecule has 4 nitrogen and oxygen atoms in total. The van der Waals surface area contributed by atoms with E-state index in [0.717, 1.165) is 12.1 Å². The molecule has 5 heteroatoms. The van der Waals surface area contributed by atoms with Crippen LogP contribution in [0.3, 0.4) is 0 Å². The zero-order chi connectivity index (χ0) is 13.0. The molecule has 0 saturated heterocycles. The van der Waals surface area contributed by atoms with E-state index in [4.69, 9.17) is 18.3 Å². The highest BCUT2D eigenvalue weighted by molar-refractivity contribution is 5.73. The van der Waals surface area contributed by atoms with Crippen LogP contribution in [0.4, 0.5) is 4.39 Å². The van der Waals surface area contributed by atoms with Crippen molar-refractivity contribution < 1.29 is 21.8 Å². The van der Waals surface area contributed by atoms with E-state index in [1.807, 2.05) is 0 Å². The van der Waals surface area contributed by atoms with Crippen molar-refractivity contribution in [3.8, 4) is 5.75 Å². The van der Waals surface area contributed by atoms with Gasteiger partial charge in [0.15, 0.2) is 0 Å². The summed E-state index contributed by atoms with van der Waals surface area (Å²) in [6, 6.07) is 2.33. The molecule has 82 valence electrons. The molecule has 1 aromatic carbocycles. The second-order valence-electron chi connectivity index (χ2n) is 3.02. The summed E-state index contributed by atoms with van der Waals surface area (Å²) < 4.78 is 31.5. The molecule has 0 spiro atoms. The average Bonchev–Trinajstić information content (AvgIpc) is 2.20. The van der Waals surface area contributed by atoms with Crippen molar-refractivity contribution in [1.29, 1.82) is 0 Å². The van der Waals surface area contributed by atoms with E-state index in [2.05, 4.69) is 0 Å². The first-order valence-corrected chi connectivity index (χ1v) is 4.18. The minimum Gasteiger partial charge on any atom is -0.496 e. The van der Waals surface area contributed by atoms with Crippen molar-refractivity contribution in [3.63, 3.8) is 0 Å². The SMILES string of the molecule is [2H]C([2H])Oc1cc([18F])ccc1C[C@@H](N)C(=O)O. The minimum atomic E-state index is -1.61. The number of carboxylic acids is 1. The number of hydrogen-bond acceptors (Lipinski definition) is 3. The highest BCUT2D eigenvalue weighted by Gasteiger charge is 2.15. The first kappa shape index (κ1) is 8.67. The monoisotopic (exact) mass is 214 g/mol. The quantitative estimate of drug-likeness (QED) is 0.777. The van der Waals surface area contributed by atoms with Gasteiger partial charge in [-0.2, -0.15) is 0 Å². The standard InChI is InChI=1S/C10H12FNO3/c1-15-9-5-7(11)3-2-6(9)4-8(12)10(13)14/h2-3,5,8H,4,12H2,1H3,(H,13,14)/t8-/m1/s1/i1D2,11-1. The van der Waals surface area contributed by atoms with E-state index in [-0.39, 0.29) is 12.2 Å². The molecular formula is C10H12FNO3. The lowest BCUT2D eigenvalue weighted by atomic mass is 10.1. The summed E-state index contributed by atoms with van der Waals surface area (Å²) in [5.74, 6) is -1.81. The van der Waals surface area contributed by atoms with Gasteiger partial charge >= 0.3 is 5.97 Å². The molecule has 3 N–H and O–H groups in total. The molecule has 1 atom stereocenters. The molecule has 0 aromatic heterocycles. The van der Waals surface area contributed by atoms with Crippen molar-refractivity contribution >= 4 is 5.97 Å². The van der Waals surface area contributed by atoms with Crippen LogP contribution in [-0.4, -0.2) is 24.2 Å². The molecule has 0 fully saturated rings. The van der Waals surface area contributed by atoms with Gasteiger partial charge in [-0.15, -0.1) is 0 Å². The van der Waals surface area contributed by atoms with Crippen molar-refractivity contribution in [1.82, 2.24) is 0 Å². The maximum absolute atomic E-state index is 12.9. The first-order valence-electron chi connectivity index (χ1n) is 5.33. The topological polar surface area (TPSA) is 72.5 Å². The third-order valence-corrected chi connectivity index (χ3v) is 1.91. The predicted molar refractivity (Wildman–Crippen MR) is 52.3 cm³/mol. The Labute approximate surface area is 89.3 Å². The van der Waals surface area contributed by atoms with E-state index in [1.54, 1.807) is 0 Å². The fourth-order valence-electron chi connectivity index (χ4n) is 1.13. The molecule has 0 aliphatic rings. The fraction of sp³-hybridized carbons (Fsp3) is 0.300. The minimum absolute atomic E-state index is 0.0308. The van der Waals surface area contributed by atoms with Crippen LogP contribution < -0.4 is 10.5 Å². The van der Waals surface area contributed by atoms with Gasteiger partial charge in [0.25, 0.3) is 0 Å². The van der Waals surface area contributed by atoms with Crippen molar-refractivity contribution in [2.45, 2.75) is 12.5 Å².